The van der Waals surface area contributed by atoms with E-state index < -0.39 is 10.8 Å². The molecular weight excluding hydrogens is 500 g/mol. The van der Waals surface area contributed by atoms with Crippen LogP contribution in [-0.2, 0) is 9.59 Å². The Morgan fingerprint density at radius 3 is 1.20 bits per heavy atom. The Labute approximate surface area is 254 Å². The van der Waals surface area contributed by atoms with E-state index in [0.717, 1.165) is 86.9 Å². The summed E-state index contributed by atoms with van der Waals surface area (Å²) in [6.45, 7) is 4.61. The molecule has 0 aliphatic heterocycles. The minimum Gasteiger partial charge on any atom is -0.297 e. The van der Waals surface area contributed by atoms with Crippen LogP contribution in [0.1, 0.15) is 187 Å². The lowest BCUT2D eigenvalue weighted by Gasteiger charge is -2.58. The van der Waals surface area contributed by atoms with Crippen molar-refractivity contribution in [1.29, 1.82) is 0 Å². The van der Waals surface area contributed by atoms with Crippen LogP contribution in [-0.4, -0.2) is 11.6 Å². The van der Waals surface area contributed by atoms with E-state index in [1.165, 1.54) is 122 Å². The highest BCUT2D eigenvalue weighted by molar-refractivity contribution is 6.30. The van der Waals surface area contributed by atoms with E-state index in [1.807, 2.05) is 0 Å². The molecule has 0 N–H and O–H groups in total. The molecule has 234 valence electrons. The van der Waals surface area contributed by atoms with E-state index in [9.17, 15) is 9.59 Å². The molecule has 0 aromatic carbocycles. The van der Waals surface area contributed by atoms with Gasteiger partial charge in [-0.3, -0.25) is 9.59 Å². The molecule has 41 heavy (non-hydrogen) atoms. The van der Waals surface area contributed by atoms with E-state index in [4.69, 9.17) is 0 Å². The van der Waals surface area contributed by atoms with Crippen molar-refractivity contribution in [1.82, 2.24) is 0 Å². The summed E-state index contributed by atoms with van der Waals surface area (Å²) in [5.41, 5.74) is -1.09. The molecule has 5 fully saturated rings. The molecule has 0 unspecified atom stereocenters. The third-order valence-electron chi connectivity index (χ3n) is 13.8. The van der Waals surface area contributed by atoms with Crippen LogP contribution in [0.25, 0.3) is 0 Å². The first kappa shape index (κ1) is 31.8. The van der Waals surface area contributed by atoms with Gasteiger partial charge in [0.2, 0.25) is 0 Å². The van der Waals surface area contributed by atoms with E-state index in [2.05, 4.69) is 13.8 Å². The van der Waals surface area contributed by atoms with Crippen LogP contribution in [0.3, 0.4) is 0 Å². The van der Waals surface area contributed by atoms with Crippen LogP contribution in [0.5, 0.6) is 0 Å². The highest BCUT2D eigenvalue weighted by Crippen LogP contribution is 2.63. The van der Waals surface area contributed by atoms with Crippen LogP contribution in [0, 0.1) is 46.3 Å². The summed E-state index contributed by atoms with van der Waals surface area (Å²) in [7, 11) is 0. The predicted octanol–water partition coefficient (Wildman–Crippen LogP) is 11.4. The second kappa shape index (κ2) is 14.9. The van der Waals surface area contributed by atoms with Gasteiger partial charge >= 0.3 is 0 Å². The van der Waals surface area contributed by atoms with Gasteiger partial charge in [-0.05, 0) is 113 Å². The number of unbranched alkanes of at least 4 members (excludes halogenated alkanes) is 7. The first-order chi connectivity index (χ1) is 20.0. The van der Waals surface area contributed by atoms with Crippen LogP contribution < -0.4 is 0 Å². The first-order valence-electron chi connectivity index (χ1n) is 19.1. The van der Waals surface area contributed by atoms with Crippen molar-refractivity contribution >= 4 is 11.6 Å². The maximum Gasteiger partial charge on any atom is 0.159 e. The highest BCUT2D eigenvalue weighted by Gasteiger charge is 2.71. The van der Waals surface area contributed by atoms with Gasteiger partial charge in [0.05, 0.1) is 10.8 Å². The molecule has 5 rings (SSSR count). The quantitative estimate of drug-likeness (QED) is 0.164. The fourth-order valence-corrected chi connectivity index (χ4v) is 11.0. The SMILES string of the molecule is CCCCCCCCC[C@H]1CC[C@H](C2CCC3(CC2)C(=O)C2(CCC([C@H]4CC[C@H](CCCC)CC4)CC2)C3=O)CC1. The zero-order valence-corrected chi connectivity index (χ0v) is 27.4. The maximum absolute atomic E-state index is 13.9. The number of carbonyl (C=O) groups excluding carboxylic acids is 2. The standard InChI is InChI=1S/C39H66O2/c1-3-5-7-8-9-10-11-13-31-16-20-33(21-17-31)35-24-28-39(29-25-35)36(40)38(37(39)41)26-22-34(23-27-38)32-18-14-30(15-19-32)12-6-4-2/h30-35H,3-29H2,1-2H3/t30-,31-,32-,33-,34?,35?,38?,39?. The Morgan fingerprint density at radius 1 is 0.439 bits per heavy atom. The Bertz CT molecular complexity index is 791. The van der Waals surface area contributed by atoms with E-state index in [0.29, 0.717) is 11.6 Å². The van der Waals surface area contributed by atoms with Crippen LogP contribution in [0.15, 0.2) is 0 Å². The predicted molar refractivity (Wildman–Crippen MR) is 172 cm³/mol. The van der Waals surface area contributed by atoms with Gasteiger partial charge in [-0.25, -0.2) is 0 Å². The van der Waals surface area contributed by atoms with Crippen LogP contribution >= 0.6 is 0 Å². The summed E-state index contributed by atoms with van der Waals surface area (Å²) in [5.74, 6) is 6.05. The molecular formula is C39H66O2. The summed E-state index contributed by atoms with van der Waals surface area (Å²) in [6, 6.07) is 0. The van der Waals surface area contributed by atoms with Crippen molar-refractivity contribution in [3.63, 3.8) is 0 Å². The van der Waals surface area contributed by atoms with Crippen LogP contribution in [0.4, 0.5) is 0 Å². The maximum atomic E-state index is 13.9. The lowest BCUT2D eigenvalue weighted by Crippen LogP contribution is -2.68. The van der Waals surface area contributed by atoms with Gasteiger partial charge in [-0.1, -0.05) is 110 Å². The van der Waals surface area contributed by atoms with Crippen molar-refractivity contribution in [3.8, 4) is 0 Å². The lowest BCUT2D eigenvalue weighted by molar-refractivity contribution is -0.179. The molecule has 5 saturated carbocycles. The number of hydrogen-bond donors (Lipinski definition) is 0. The van der Waals surface area contributed by atoms with Gasteiger partial charge in [0.25, 0.3) is 0 Å². The summed E-state index contributed by atoms with van der Waals surface area (Å²) in [6.07, 6.45) is 35.1. The Balaban J connectivity index is 0.995. The molecule has 0 aromatic rings. The molecule has 0 heterocycles. The van der Waals surface area contributed by atoms with Gasteiger partial charge in [-0.15, -0.1) is 0 Å². The van der Waals surface area contributed by atoms with Gasteiger partial charge in [0, 0.05) is 0 Å². The number of rotatable bonds is 13. The molecule has 5 aliphatic carbocycles. The lowest BCUT2D eigenvalue weighted by atomic mass is 9.41. The van der Waals surface area contributed by atoms with E-state index in [-0.39, 0.29) is 0 Å². The van der Waals surface area contributed by atoms with E-state index in [1.54, 1.807) is 0 Å². The van der Waals surface area contributed by atoms with Crippen molar-refractivity contribution in [3.05, 3.63) is 0 Å². The van der Waals surface area contributed by atoms with Gasteiger partial charge in [0.1, 0.15) is 0 Å². The largest absolute Gasteiger partial charge is 0.297 e. The molecule has 2 spiro atoms. The molecule has 0 aromatic heterocycles. The van der Waals surface area contributed by atoms with Gasteiger partial charge < -0.3 is 0 Å². The number of ketones is 2. The van der Waals surface area contributed by atoms with Crippen molar-refractivity contribution in [2.24, 2.45) is 46.3 Å². The second-order valence-corrected chi connectivity index (χ2v) is 16.1. The fourth-order valence-electron chi connectivity index (χ4n) is 11.0. The van der Waals surface area contributed by atoms with Gasteiger partial charge in [0.15, 0.2) is 11.6 Å². The minimum atomic E-state index is -0.547. The summed E-state index contributed by atoms with van der Waals surface area (Å²) >= 11 is 0. The third kappa shape index (κ3) is 7.03. The van der Waals surface area contributed by atoms with Crippen LogP contribution in [0.2, 0.25) is 0 Å². The average Bonchev–Trinajstić information content (AvgIpc) is 3.03. The Hall–Kier alpha value is -0.660. The normalized spacial score (nSPS) is 39.8. The molecule has 0 amide bonds. The highest BCUT2D eigenvalue weighted by atomic mass is 16.2. The minimum absolute atomic E-state index is 0.411. The molecule has 2 heteroatoms. The van der Waals surface area contributed by atoms with Crippen molar-refractivity contribution in [2.75, 3.05) is 0 Å². The summed E-state index contributed by atoms with van der Waals surface area (Å²) in [5, 5.41) is 0. The fraction of sp³-hybridized carbons (Fsp3) is 0.949. The molecule has 0 saturated heterocycles. The van der Waals surface area contributed by atoms with Crippen molar-refractivity contribution in [2.45, 2.75) is 187 Å². The average molecular weight is 567 g/mol. The Morgan fingerprint density at radius 2 is 0.780 bits per heavy atom. The topological polar surface area (TPSA) is 34.1 Å². The third-order valence-corrected chi connectivity index (χ3v) is 13.8. The smallest absolute Gasteiger partial charge is 0.159 e. The second-order valence-electron chi connectivity index (χ2n) is 16.1. The molecule has 0 bridgehead atoms. The number of Topliss-reactive ketones (excluding diaryl/α,β-unsaturated/α-hetero) is 2. The summed E-state index contributed by atoms with van der Waals surface area (Å²) in [4.78, 5) is 27.7. The number of hydrogen-bond acceptors (Lipinski definition) is 2. The van der Waals surface area contributed by atoms with Gasteiger partial charge in [-0.2, -0.15) is 0 Å². The zero-order chi connectivity index (χ0) is 28.7. The van der Waals surface area contributed by atoms with Crippen molar-refractivity contribution < 1.29 is 9.59 Å². The molecule has 0 radical (unpaired) electrons. The molecule has 0 atom stereocenters. The molecule has 2 nitrogen and oxygen atoms in total. The summed E-state index contributed by atoms with van der Waals surface area (Å²) < 4.78 is 0. The zero-order valence-electron chi connectivity index (χ0n) is 27.4. The molecule has 5 aliphatic rings. The first-order valence-corrected chi connectivity index (χ1v) is 19.1. The Kier molecular flexibility index (Phi) is 11.5. The monoisotopic (exact) mass is 567 g/mol. The number of carbonyl (C=O) groups is 2. The van der Waals surface area contributed by atoms with E-state index >= 15 is 0 Å².